The smallest absolute Gasteiger partial charge is 0.227 e. The Hall–Kier alpha value is -1.20. The second-order valence-electron chi connectivity index (χ2n) is 5.43. The van der Waals surface area contributed by atoms with Gasteiger partial charge in [0.15, 0.2) is 0 Å². The number of hydrogen-bond donors (Lipinski definition) is 1. The van der Waals surface area contributed by atoms with Crippen molar-refractivity contribution >= 4 is 15.9 Å². The summed E-state index contributed by atoms with van der Waals surface area (Å²) in [5, 5.41) is 4.06. The van der Waals surface area contributed by atoms with Crippen LogP contribution in [0.3, 0.4) is 0 Å². The van der Waals surface area contributed by atoms with Crippen molar-refractivity contribution in [3.63, 3.8) is 0 Å². The van der Waals surface area contributed by atoms with Crippen LogP contribution < -0.4 is 5.73 Å². The molecule has 0 saturated heterocycles. The molecule has 4 nitrogen and oxygen atoms in total. The van der Waals surface area contributed by atoms with E-state index in [1.807, 2.05) is 24.3 Å². The van der Waals surface area contributed by atoms with Gasteiger partial charge in [0.25, 0.3) is 0 Å². The molecule has 0 aliphatic heterocycles. The summed E-state index contributed by atoms with van der Waals surface area (Å²) >= 11 is 3.42. The van der Waals surface area contributed by atoms with E-state index < -0.39 is 0 Å². The van der Waals surface area contributed by atoms with Gasteiger partial charge < -0.3 is 10.3 Å². The number of benzene rings is 1. The first-order valence-electron chi connectivity index (χ1n) is 7.06. The predicted octanol–water partition coefficient (Wildman–Crippen LogP) is 3.56. The van der Waals surface area contributed by atoms with E-state index in [4.69, 9.17) is 10.3 Å². The molecule has 1 fully saturated rings. The molecular formula is C15H18BrN3O. The van der Waals surface area contributed by atoms with E-state index in [1.54, 1.807) is 0 Å². The van der Waals surface area contributed by atoms with Crippen molar-refractivity contribution in [3.05, 3.63) is 34.6 Å². The molecule has 1 aliphatic carbocycles. The van der Waals surface area contributed by atoms with Gasteiger partial charge in [-0.15, -0.1) is 0 Å². The lowest BCUT2D eigenvalue weighted by Gasteiger charge is -2.27. The topological polar surface area (TPSA) is 64.9 Å². The van der Waals surface area contributed by atoms with E-state index in [1.165, 1.54) is 12.8 Å². The first-order valence-corrected chi connectivity index (χ1v) is 7.86. The molecule has 2 unspecified atom stereocenters. The summed E-state index contributed by atoms with van der Waals surface area (Å²) in [6.45, 7) is 0. The second-order valence-corrected chi connectivity index (χ2v) is 6.35. The van der Waals surface area contributed by atoms with Crippen molar-refractivity contribution in [1.82, 2.24) is 10.1 Å². The first kappa shape index (κ1) is 13.8. The Labute approximate surface area is 126 Å². The van der Waals surface area contributed by atoms with Crippen LogP contribution in [0.25, 0.3) is 11.4 Å². The van der Waals surface area contributed by atoms with Crippen molar-refractivity contribution in [2.45, 2.75) is 38.1 Å². The molecule has 1 heterocycles. The van der Waals surface area contributed by atoms with Gasteiger partial charge in [-0.1, -0.05) is 33.9 Å². The van der Waals surface area contributed by atoms with Gasteiger partial charge in [0, 0.05) is 22.5 Å². The number of aromatic nitrogens is 2. The highest BCUT2D eigenvalue weighted by atomic mass is 79.9. The van der Waals surface area contributed by atoms with Crippen LogP contribution >= 0.6 is 15.9 Å². The minimum atomic E-state index is 0.270. The summed E-state index contributed by atoms with van der Waals surface area (Å²) in [6.07, 6.45) is 5.57. The molecule has 2 aromatic rings. The molecule has 2 N–H and O–H groups in total. The van der Waals surface area contributed by atoms with Crippen LogP contribution in [0, 0.1) is 5.92 Å². The molecule has 1 aliphatic rings. The highest BCUT2D eigenvalue weighted by molar-refractivity contribution is 9.10. The molecule has 1 aromatic heterocycles. The summed E-state index contributed by atoms with van der Waals surface area (Å²) in [6, 6.07) is 8.17. The van der Waals surface area contributed by atoms with Gasteiger partial charge in [0.05, 0.1) is 0 Å². The lowest BCUT2D eigenvalue weighted by Crippen LogP contribution is -2.34. The first-order chi connectivity index (χ1) is 9.72. The Balaban J connectivity index is 1.71. The average molecular weight is 336 g/mol. The van der Waals surface area contributed by atoms with Gasteiger partial charge >= 0.3 is 0 Å². The molecule has 1 aromatic carbocycles. The van der Waals surface area contributed by atoms with Gasteiger partial charge in [-0.25, -0.2) is 0 Å². The molecular weight excluding hydrogens is 318 g/mol. The van der Waals surface area contributed by atoms with Gasteiger partial charge in [0.1, 0.15) is 0 Å². The Morgan fingerprint density at radius 1 is 1.20 bits per heavy atom. The van der Waals surface area contributed by atoms with Crippen LogP contribution in [-0.2, 0) is 6.42 Å². The van der Waals surface area contributed by atoms with Crippen LogP contribution in [-0.4, -0.2) is 16.2 Å². The van der Waals surface area contributed by atoms with E-state index in [0.29, 0.717) is 17.6 Å². The van der Waals surface area contributed by atoms with Crippen LogP contribution in [0.15, 0.2) is 33.3 Å². The van der Waals surface area contributed by atoms with Crippen LogP contribution in [0.2, 0.25) is 0 Å². The largest absolute Gasteiger partial charge is 0.339 e. The SMILES string of the molecule is NC1CCCCC1Cc1nc(-c2ccc(Br)cc2)no1. The Morgan fingerprint density at radius 3 is 2.70 bits per heavy atom. The normalized spacial score (nSPS) is 22.9. The van der Waals surface area contributed by atoms with Crippen LogP contribution in [0.1, 0.15) is 31.6 Å². The second kappa shape index (κ2) is 6.06. The van der Waals surface area contributed by atoms with Crippen molar-refractivity contribution < 1.29 is 4.52 Å². The van der Waals surface area contributed by atoms with E-state index in [0.717, 1.165) is 29.3 Å². The Kier molecular flexibility index (Phi) is 4.17. The van der Waals surface area contributed by atoms with Crippen molar-refractivity contribution in [1.29, 1.82) is 0 Å². The minimum absolute atomic E-state index is 0.270. The zero-order valence-electron chi connectivity index (χ0n) is 11.3. The lowest BCUT2D eigenvalue weighted by atomic mass is 9.83. The fraction of sp³-hybridized carbons (Fsp3) is 0.467. The number of nitrogens with two attached hydrogens (primary N) is 1. The maximum absolute atomic E-state index is 6.17. The molecule has 3 rings (SSSR count). The minimum Gasteiger partial charge on any atom is -0.339 e. The number of hydrogen-bond acceptors (Lipinski definition) is 4. The maximum Gasteiger partial charge on any atom is 0.227 e. The molecule has 0 spiro atoms. The van der Waals surface area contributed by atoms with E-state index in [9.17, 15) is 0 Å². The average Bonchev–Trinajstić information content (AvgIpc) is 2.91. The maximum atomic E-state index is 6.17. The zero-order valence-corrected chi connectivity index (χ0v) is 12.8. The van der Waals surface area contributed by atoms with E-state index >= 15 is 0 Å². The number of nitrogens with zero attached hydrogens (tertiary/aromatic N) is 2. The zero-order chi connectivity index (χ0) is 13.9. The Bertz CT molecular complexity index is 567. The molecule has 5 heteroatoms. The highest BCUT2D eigenvalue weighted by Gasteiger charge is 2.24. The van der Waals surface area contributed by atoms with Crippen LogP contribution in [0.4, 0.5) is 0 Å². The highest BCUT2D eigenvalue weighted by Crippen LogP contribution is 2.26. The molecule has 20 heavy (non-hydrogen) atoms. The molecule has 106 valence electrons. The molecule has 0 amide bonds. The third-order valence-electron chi connectivity index (χ3n) is 3.98. The van der Waals surface area contributed by atoms with Gasteiger partial charge in [-0.3, -0.25) is 0 Å². The summed E-state index contributed by atoms with van der Waals surface area (Å²) in [4.78, 5) is 4.49. The van der Waals surface area contributed by atoms with E-state index in [-0.39, 0.29) is 6.04 Å². The molecule has 0 bridgehead atoms. The fourth-order valence-electron chi connectivity index (χ4n) is 2.77. The monoisotopic (exact) mass is 335 g/mol. The number of halogens is 1. The quantitative estimate of drug-likeness (QED) is 0.931. The number of rotatable bonds is 3. The van der Waals surface area contributed by atoms with Crippen molar-refractivity contribution in [2.75, 3.05) is 0 Å². The summed E-state index contributed by atoms with van der Waals surface area (Å²) in [7, 11) is 0. The summed E-state index contributed by atoms with van der Waals surface area (Å²) in [5.74, 6) is 1.82. The third-order valence-corrected chi connectivity index (χ3v) is 4.50. The van der Waals surface area contributed by atoms with Crippen LogP contribution in [0.5, 0.6) is 0 Å². The molecule has 2 atom stereocenters. The molecule has 1 saturated carbocycles. The molecule has 0 radical (unpaired) electrons. The van der Waals surface area contributed by atoms with Crippen molar-refractivity contribution in [2.24, 2.45) is 11.7 Å². The van der Waals surface area contributed by atoms with Gasteiger partial charge in [-0.05, 0) is 43.0 Å². The van der Waals surface area contributed by atoms with Gasteiger partial charge in [0.2, 0.25) is 11.7 Å². The standard InChI is InChI=1S/C15H18BrN3O/c16-12-7-5-10(6-8-12)15-18-14(20-19-15)9-11-3-1-2-4-13(11)17/h5-8,11,13H,1-4,9,17H2. The third kappa shape index (κ3) is 3.10. The lowest BCUT2D eigenvalue weighted by molar-refractivity contribution is 0.273. The Morgan fingerprint density at radius 2 is 1.95 bits per heavy atom. The summed E-state index contributed by atoms with van der Waals surface area (Å²) in [5.41, 5.74) is 7.13. The van der Waals surface area contributed by atoms with Gasteiger partial charge in [-0.2, -0.15) is 4.98 Å². The fourth-order valence-corrected chi connectivity index (χ4v) is 3.03. The summed E-state index contributed by atoms with van der Waals surface area (Å²) < 4.78 is 6.41. The predicted molar refractivity (Wildman–Crippen MR) is 81.1 cm³/mol. The van der Waals surface area contributed by atoms with Crippen molar-refractivity contribution in [3.8, 4) is 11.4 Å². The van der Waals surface area contributed by atoms with E-state index in [2.05, 4.69) is 26.1 Å².